The van der Waals surface area contributed by atoms with Gasteiger partial charge in [0.25, 0.3) is 0 Å². The van der Waals surface area contributed by atoms with Crippen LogP contribution in [0, 0.1) is 0 Å². The molecule has 0 unspecified atom stereocenters. The van der Waals surface area contributed by atoms with Crippen molar-refractivity contribution in [2.24, 2.45) is 5.73 Å². The highest BCUT2D eigenvalue weighted by atomic mass is 18.1. The molecular formula is C7H16N2O2. The average Bonchev–Trinajstić information content (AvgIpc) is 2.03. The van der Waals surface area contributed by atoms with Crippen LogP contribution in [0.4, 0.5) is 0 Å². The summed E-state index contributed by atoms with van der Waals surface area (Å²) >= 11 is 0. The van der Waals surface area contributed by atoms with Crippen LogP contribution in [0.15, 0.2) is 0 Å². The van der Waals surface area contributed by atoms with Crippen LogP contribution in [0.5, 0.6) is 0 Å². The zero-order valence-electron chi connectivity index (χ0n) is 6.84. The van der Waals surface area contributed by atoms with Gasteiger partial charge in [0.2, 0.25) is 5.91 Å². The second kappa shape index (κ2) is 6.12. The maximum Gasteiger partial charge on any atom is 0.239 e. The molecule has 0 rings (SSSR count). The van der Waals surface area contributed by atoms with Crippen molar-refractivity contribution in [3.63, 3.8) is 0 Å². The van der Waals surface area contributed by atoms with E-state index in [0.29, 0.717) is 6.54 Å². The minimum Gasteiger partial charge on any atom is -0.394 e. The molecule has 0 bridgehead atoms. The van der Waals surface area contributed by atoms with Crippen molar-refractivity contribution in [3.05, 3.63) is 0 Å². The predicted molar refractivity (Wildman–Crippen MR) is 43.0 cm³/mol. The summed E-state index contributed by atoms with van der Waals surface area (Å²) < 4.78 is 0. The summed E-state index contributed by atoms with van der Waals surface area (Å²) in [4.78, 5) is 10.9. The number of unbranched alkanes of at least 4 members (excludes halogenated alkanes) is 1. The van der Waals surface area contributed by atoms with E-state index >= 15 is 0 Å². The van der Waals surface area contributed by atoms with E-state index < -0.39 is 6.04 Å². The largest absolute Gasteiger partial charge is 0.394 e. The minimum absolute atomic E-state index is 0.277. The van der Waals surface area contributed by atoms with E-state index in [1.54, 1.807) is 0 Å². The Morgan fingerprint density at radius 2 is 2.36 bits per heavy atom. The zero-order valence-corrected chi connectivity index (χ0v) is 6.84. The highest BCUT2D eigenvalue weighted by molar-refractivity contribution is 5.81. The molecule has 1 amide bonds. The van der Waals surface area contributed by atoms with E-state index in [1.165, 1.54) is 0 Å². The Balaban J connectivity index is 3.36. The summed E-state index contributed by atoms with van der Waals surface area (Å²) in [5, 5.41) is 11.1. The lowest BCUT2D eigenvalue weighted by Gasteiger charge is -2.08. The van der Waals surface area contributed by atoms with Crippen molar-refractivity contribution < 1.29 is 9.90 Å². The fraction of sp³-hybridized carbons (Fsp3) is 0.857. The van der Waals surface area contributed by atoms with Crippen LogP contribution >= 0.6 is 0 Å². The highest BCUT2D eigenvalue weighted by Gasteiger charge is 2.09. The lowest BCUT2D eigenvalue weighted by molar-refractivity contribution is -0.123. The Morgan fingerprint density at radius 1 is 1.73 bits per heavy atom. The number of rotatable bonds is 5. The van der Waals surface area contributed by atoms with Gasteiger partial charge in [0.05, 0.1) is 6.61 Å². The van der Waals surface area contributed by atoms with Gasteiger partial charge in [-0.1, -0.05) is 13.3 Å². The molecule has 0 spiro atoms. The van der Waals surface area contributed by atoms with E-state index in [4.69, 9.17) is 10.8 Å². The summed E-state index contributed by atoms with van der Waals surface area (Å²) in [7, 11) is 0. The molecule has 66 valence electrons. The van der Waals surface area contributed by atoms with Crippen LogP contribution in [-0.4, -0.2) is 30.2 Å². The van der Waals surface area contributed by atoms with Gasteiger partial charge in [-0.3, -0.25) is 4.79 Å². The average molecular weight is 162 g/mol. The molecule has 4 heteroatoms. The summed E-state index contributed by atoms with van der Waals surface area (Å²) in [5.41, 5.74) is 5.24. The quantitative estimate of drug-likeness (QED) is 0.367. The number of hydrogen-bond acceptors (Lipinski definition) is 3. The lowest BCUT2D eigenvalue weighted by atomic mass is 10.3. The molecule has 0 aromatic heterocycles. The van der Waals surface area contributed by atoms with Crippen molar-refractivity contribution in [2.75, 3.05) is 13.2 Å². The molecule has 0 aliphatic heterocycles. The second-order valence-corrected chi connectivity index (χ2v) is 2.43. The maximum atomic E-state index is 10.9. The first-order chi connectivity index (χ1) is 5.22. The number of aliphatic hydroxyl groups is 1. The Hall–Kier alpha value is -0.610. The van der Waals surface area contributed by atoms with E-state index in [2.05, 4.69) is 5.32 Å². The molecule has 0 aliphatic carbocycles. The number of carbonyl (C=O) groups excluding carboxylic acids is 1. The number of nitrogens with one attached hydrogen (secondary N) is 1. The van der Waals surface area contributed by atoms with Gasteiger partial charge in [0, 0.05) is 6.54 Å². The van der Waals surface area contributed by atoms with Crippen molar-refractivity contribution in [3.8, 4) is 0 Å². The third-order valence-electron chi connectivity index (χ3n) is 1.36. The number of nitrogens with two attached hydrogens (primary N) is 1. The van der Waals surface area contributed by atoms with E-state index in [1.807, 2.05) is 6.92 Å². The van der Waals surface area contributed by atoms with Gasteiger partial charge in [-0.05, 0) is 6.42 Å². The maximum absolute atomic E-state index is 10.9. The molecule has 4 nitrogen and oxygen atoms in total. The Labute approximate surface area is 66.8 Å². The fourth-order valence-electron chi connectivity index (χ4n) is 0.602. The number of hydrogen-bond donors (Lipinski definition) is 3. The summed E-state index contributed by atoms with van der Waals surface area (Å²) in [5.74, 6) is -0.277. The number of carbonyl (C=O) groups is 1. The first-order valence-electron chi connectivity index (χ1n) is 3.86. The van der Waals surface area contributed by atoms with Gasteiger partial charge in [0.1, 0.15) is 6.04 Å². The molecule has 4 N–H and O–H groups in total. The molecule has 0 aliphatic rings. The normalized spacial score (nSPS) is 12.6. The van der Waals surface area contributed by atoms with Crippen LogP contribution in [0.3, 0.4) is 0 Å². The molecule has 11 heavy (non-hydrogen) atoms. The molecule has 0 fully saturated rings. The zero-order chi connectivity index (χ0) is 8.69. The number of amides is 1. The molecule has 0 aromatic rings. The minimum atomic E-state index is -0.771. The summed E-state index contributed by atoms with van der Waals surface area (Å²) in [6.45, 7) is 2.39. The smallest absolute Gasteiger partial charge is 0.239 e. The molecule has 0 saturated heterocycles. The monoisotopic (exact) mass is 162 g/mol. The third kappa shape index (κ3) is 4.75. The summed E-state index contributed by atoms with van der Waals surface area (Å²) in [6, 6.07) is -0.771. The second-order valence-electron chi connectivity index (χ2n) is 2.43. The molecule has 0 aromatic carbocycles. The van der Waals surface area contributed by atoms with Crippen molar-refractivity contribution in [1.82, 2.24) is 5.32 Å². The topological polar surface area (TPSA) is 75.4 Å². The van der Waals surface area contributed by atoms with Crippen molar-refractivity contribution >= 4 is 5.91 Å². The van der Waals surface area contributed by atoms with Crippen molar-refractivity contribution in [2.45, 2.75) is 25.8 Å². The Bertz CT molecular complexity index is 117. The van der Waals surface area contributed by atoms with E-state index in [-0.39, 0.29) is 12.5 Å². The lowest BCUT2D eigenvalue weighted by Crippen LogP contribution is -2.43. The van der Waals surface area contributed by atoms with Crippen LogP contribution < -0.4 is 11.1 Å². The fourth-order valence-corrected chi connectivity index (χ4v) is 0.602. The van der Waals surface area contributed by atoms with Gasteiger partial charge < -0.3 is 16.2 Å². The summed E-state index contributed by atoms with van der Waals surface area (Å²) in [6.07, 6.45) is 1.98. The molecule has 0 saturated carbocycles. The van der Waals surface area contributed by atoms with Crippen LogP contribution in [0.25, 0.3) is 0 Å². The van der Waals surface area contributed by atoms with E-state index in [9.17, 15) is 4.79 Å². The Kier molecular flexibility index (Phi) is 5.78. The highest BCUT2D eigenvalue weighted by Crippen LogP contribution is 1.83. The SMILES string of the molecule is CCCCNC(=[18O])[C@@H](N)CO. The van der Waals surface area contributed by atoms with Gasteiger partial charge in [-0.25, -0.2) is 0 Å². The number of aliphatic hydroxyl groups excluding tert-OH is 1. The van der Waals surface area contributed by atoms with Crippen molar-refractivity contribution in [1.29, 1.82) is 0 Å². The van der Waals surface area contributed by atoms with Gasteiger partial charge in [-0.15, -0.1) is 0 Å². The predicted octanol–water partition coefficient (Wildman–Crippen LogP) is -0.778. The molecule has 1 atom stereocenters. The first-order valence-corrected chi connectivity index (χ1v) is 3.86. The van der Waals surface area contributed by atoms with Gasteiger partial charge in [-0.2, -0.15) is 0 Å². The van der Waals surface area contributed by atoms with Crippen LogP contribution in [0.2, 0.25) is 0 Å². The molecule has 0 radical (unpaired) electrons. The first kappa shape index (κ1) is 10.4. The third-order valence-corrected chi connectivity index (χ3v) is 1.36. The molecule has 0 heterocycles. The van der Waals surface area contributed by atoms with Crippen LogP contribution in [-0.2, 0) is 4.79 Å². The van der Waals surface area contributed by atoms with Gasteiger partial charge in [0.15, 0.2) is 0 Å². The standard InChI is InChI=1S/C7H16N2O2/c1-2-3-4-9-7(11)6(8)5-10/h6,10H,2-5,8H2,1H3,(H,9,11)/t6-/m0/s1/i11+2. The molecular weight excluding hydrogens is 146 g/mol. The van der Waals surface area contributed by atoms with Crippen LogP contribution in [0.1, 0.15) is 19.8 Å². The van der Waals surface area contributed by atoms with Gasteiger partial charge >= 0.3 is 0 Å². The van der Waals surface area contributed by atoms with E-state index in [0.717, 1.165) is 12.8 Å². The Morgan fingerprint density at radius 3 is 2.82 bits per heavy atom.